The average Bonchev–Trinajstić information content (AvgIpc) is 2.94. The molecule has 1 aromatic carbocycles. The van der Waals surface area contributed by atoms with Crippen LogP contribution in [0, 0.1) is 0 Å². The lowest BCUT2D eigenvalue weighted by Crippen LogP contribution is -2.32. The van der Waals surface area contributed by atoms with Crippen molar-refractivity contribution in [2.24, 2.45) is 0 Å². The number of hydrogen-bond donors (Lipinski definition) is 1. The van der Waals surface area contributed by atoms with Crippen LogP contribution >= 0.6 is 11.6 Å². The van der Waals surface area contributed by atoms with Gasteiger partial charge in [0.1, 0.15) is 0 Å². The van der Waals surface area contributed by atoms with Gasteiger partial charge in [0.25, 0.3) is 0 Å². The molecule has 1 aromatic heterocycles. The molecule has 0 saturated carbocycles. The van der Waals surface area contributed by atoms with Crippen molar-refractivity contribution >= 4 is 17.6 Å². The molecule has 6 nitrogen and oxygen atoms in total. The fourth-order valence-corrected chi connectivity index (χ4v) is 2.23. The van der Waals surface area contributed by atoms with E-state index in [0.717, 1.165) is 18.5 Å². The largest absolute Gasteiger partial charge is 0.480 e. The second-order valence-corrected chi connectivity index (χ2v) is 5.37. The van der Waals surface area contributed by atoms with Crippen molar-refractivity contribution < 1.29 is 14.4 Å². The van der Waals surface area contributed by atoms with Crippen molar-refractivity contribution in [3.63, 3.8) is 0 Å². The monoisotopic (exact) mass is 323 g/mol. The van der Waals surface area contributed by atoms with Crippen LogP contribution in [0.2, 0.25) is 5.02 Å². The first-order valence-electron chi connectivity index (χ1n) is 7.11. The topological polar surface area (TPSA) is 79.5 Å². The Balaban J connectivity index is 1.96. The van der Waals surface area contributed by atoms with E-state index in [0.29, 0.717) is 29.7 Å². The number of rotatable bonds is 8. The van der Waals surface area contributed by atoms with Crippen molar-refractivity contribution in [3.8, 4) is 11.4 Å². The Hall–Kier alpha value is -1.92. The Kier molecular flexibility index (Phi) is 5.91. The lowest BCUT2D eigenvalue weighted by Gasteiger charge is -2.17. The first-order valence-corrected chi connectivity index (χ1v) is 7.49. The Labute approximate surface area is 133 Å². The maximum Gasteiger partial charge on any atom is 0.317 e. The molecular weight excluding hydrogens is 306 g/mol. The number of aliphatic carboxylic acids is 1. The number of hydrogen-bond acceptors (Lipinski definition) is 5. The van der Waals surface area contributed by atoms with E-state index in [9.17, 15) is 4.79 Å². The molecule has 0 spiro atoms. The molecule has 0 fully saturated rings. The van der Waals surface area contributed by atoms with Crippen molar-refractivity contribution in [1.29, 1.82) is 0 Å². The van der Waals surface area contributed by atoms with Gasteiger partial charge in [-0.25, -0.2) is 0 Å². The van der Waals surface area contributed by atoms with E-state index in [1.807, 2.05) is 24.0 Å². The molecule has 118 valence electrons. The maximum atomic E-state index is 10.8. The number of halogens is 1. The van der Waals surface area contributed by atoms with Gasteiger partial charge >= 0.3 is 5.97 Å². The van der Waals surface area contributed by atoms with Gasteiger partial charge in [-0.3, -0.25) is 9.69 Å². The lowest BCUT2D eigenvalue weighted by molar-refractivity contribution is -0.138. The van der Waals surface area contributed by atoms with Crippen LogP contribution in [0.5, 0.6) is 0 Å². The van der Waals surface area contributed by atoms with Crippen LogP contribution in [-0.4, -0.2) is 45.8 Å². The normalized spacial score (nSPS) is 11.0. The number of aromatic nitrogens is 2. The van der Waals surface area contributed by atoms with Gasteiger partial charge in [0.15, 0.2) is 0 Å². The molecule has 1 N–H and O–H groups in total. The summed E-state index contributed by atoms with van der Waals surface area (Å²) in [6.45, 7) is 3.33. The molecule has 0 aliphatic carbocycles. The summed E-state index contributed by atoms with van der Waals surface area (Å²) in [5.41, 5.74) is 0.829. The summed E-state index contributed by atoms with van der Waals surface area (Å²) in [7, 11) is 0. The summed E-state index contributed by atoms with van der Waals surface area (Å²) < 4.78 is 5.21. The summed E-state index contributed by atoms with van der Waals surface area (Å²) in [4.78, 5) is 17.0. The molecule has 0 unspecified atom stereocenters. The molecule has 0 atom stereocenters. The minimum absolute atomic E-state index is 0.0199. The average molecular weight is 324 g/mol. The van der Waals surface area contributed by atoms with Gasteiger partial charge in [-0.2, -0.15) is 4.98 Å². The molecule has 1 heterocycles. The summed E-state index contributed by atoms with van der Waals surface area (Å²) in [5.74, 6) is 0.171. The Morgan fingerprint density at radius 2 is 2.05 bits per heavy atom. The molecule has 22 heavy (non-hydrogen) atoms. The van der Waals surface area contributed by atoms with E-state index < -0.39 is 5.97 Å². The van der Waals surface area contributed by atoms with E-state index in [-0.39, 0.29) is 6.54 Å². The highest BCUT2D eigenvalue weighted by molar-refractivity contribution is 6.30. The molecule has 0 radical (unpaired) electrons. The lowest BCUT2D eigenvalue weighted by atomic mass is 10.2. The minimum atomic E-state index is -0.833. The molecule has 0 saturated heterocycles. The third-order valence-corrected chi connectivity index (χ3v) is 3.36. The number of nitrogens with zero attached hydrogens (tertiary/aromatic N) is 3. The predicted octanol–water partition coefficient (Wildman–Crippen LogP) is 2.73. The van der Waals surface area contributed by atoms with E-state index in [1.165, 1.54) is 0 Å². The van der Waals surface area contributed by atoms with Crippen molar-refractivity contribution in [3.05, 3.63) is 35.2 Å². The predicted molar refractivity (Wildman–Crippen MR) is 82.8 cm³/mol. The zero-order valence-electron chi connectivity index (χ0n) is 12.3. The highest BCUT2D eigenvalue weighted by Gasteiger charge is 2.12. The molecule has 0 bridgehead atoms. The number of carboxylic acid groups (broad SMARTS) is 1. The molecule has 0 aliphatic heterocycles. The van der Waals surface area contributed by atoms with Crippen LogP contribution in [-0.2, 0) is 11.2 Å². The number of carbonyl (C=O) groups is 1. The van der Waals surface area contributed by atoms with Gasteiger partial charge in [-0.15, -0.1) is 0 Å². The first-order chi connectivity index (χ1) is 10.6. The SMILES string of the molecule is CCCN(CCc1nc(-c2ccc(Cl)cc2)no1)CC(=O)O. The van der Waals surface area contributed by atoms with E-state index in [4.69, 9.17) is 21.2 Å². The third-order valence-electron chi connectivity index (χ3n) is 3.11. The summed E-state index contributed by atoms with van der Waals surface area (Å²) in [6.07, 6.45) is 1.42. The summed E-state index contributed by atoms with van der Waals surface area (Å²) in [6, 6.07) is 7.18. The molecule has 0 aliphatic rings. The summed E-state index contributed by atoms with van der Waals surface area (Å²) in [5, 5.41) is 13.5. The van der Waals surface area contributed by atoms with Crippen molar-refractivity contribution in [2.45, 2.75) is 19.8 Å². The number of carboxylic acids is 1. The third kappa shape index (κ3) is 4.82. The van der Waals surface area contributed by atoms with Crippen LogP contribution < -0.4 is 0 Å². The molecule has 2 rings (SSSR count). The van der Waals surface area contributed by atoms with Crippen LogP contribution in [0.15, 0.2) is 28.8 Å². The van der Waals surface area contributed by atoms with Crippen molar-refractivity contribution in [2.75, 3.05) is 19.6 Å². The van der Waals surface area contributed by atoms with E-state index in [1.54, 1.807) is 12.1 Å². The highest BCUT2D eigenvalue weighted by atomic mass is 35.5. The van der Waals surface area contributed by atoms with Gasteiger partial charge in [0, 0.05) is 23.6 Å². The van der Waals surface area contributed by atoms with Crippen LogP contribution in [0.3, 0.4) is 0 Å². The zero-order valence-corrected chi connectivity index (χ0v) is 13.1. The standard InChI is InChI=1S/C15H18ClN3O3/c1-2-8-19(10-14(20)21)9-7-13-17-15(18-22-13)11-3-5-12(16)6-4-11/h3-6H,2,7-10H2,1H3,(H,20,21). The Morgan fingerprint density at radius 1 is 1.32 bits per heavy atom. The Bertz CT molecular complexity index is 613. The minimum Gasteiger partial charge on any atom is -0.480 e. The second kappa shape index (κ2) is 7.91. The Morgan fingerprint density at radius 3 is 2.68 bits per heavy atom. The van der Waals surface area contributed by atoms with Crippen molar-refractivity contribution in [1.82, 2.24) is 15.0 Å². The molecule has 7 heteroatoms. The number of benzene rings is 1. The molecular formula is C15H18ClN3O3. The van der Waals surface area contributed by atoms with Gasteiger partial charge in [0.2, 0.25) is 11.7 Å². The maximum absolute atomic E-state index is 10.8. The van der Waals surface area contributed by atoms with E-state index >= 15 is 0 Å². The van der Waals surface area contributed by atoms with Gasteiger partial charge < -0.3 is 9.63 Å². The molecule has 0 amide bonds. The van der Waals surface area contributed by atoms with Crippen LogP contribution in [0.4, 0.5) is 0 Å². The van der Waals surface area contributed by atoms with Crippen LogP contribution in [0.25, 0.3) is 11.4 Å². The van der Waals surface area contributed by atoms with E-state index in [2.05, 4.69) is 10.1 Å². The highest BCUT2D eigenvalue weighted by Crippen LogP contribution is 2.18. The quantitative estimate of drug-likeness (QED) is 0.804. The smallest absolute Gasteiger partial charge is 0.317 e. The first kappa shape index (κ1) is 16.5. The fraction of sp³-hybridized carbons (Fsp3) is 0.400. The van der Waals surface area contributed by atoms with Gasteiger partial charge in [-0.05, 0) is 37.2 Å². The zero-order chi connectivity index (χ0) is 15.9. The molecule has 2 aromatic rings. The van der Waals surface area contributed by atoms with Crippen LogP contribution in [0.1, 0.15) is 19.2 Å². The summed E-state index contributed by atoms with van der Waals surface area (Å²) >= 11 is 5.84. The van der Waals surface area contributed by atoms with Gasteiger partial charge in [0.05, 0.1) is 6.54 Å². The second-order valence-electron chi connectivity index (χ2n) is 4.94. The fourth-order valence-electron chi connectivity index (χ4n) is 2.10. The van der Waals surface area contributed by atoms with Gasteiger partial charge in [-0.1, -0.05) is 23.7 Å².